The molecule has 0 atom stereocenters. The lowest BCUT2D eigenvalue weighted by Crippen LogP contribution is -2.26. The molecule has 0 saturated heterocycles. The van der Waals surface area contributed by atoms with Gasteiger partial charge in [-0.25, -0.2) is 0 Å². The smallest absolute Gasteiger partial charge is 0.254 e. The Balaban J connectivity index is 2.12. The van der Waals surface area contributed by atoms with Crippen molar-refractivity contribution >= 4 is 17.2 Å². The maximum atomic E-state index is 12.3. The molecule has 1 amide bonds. The van der Waals surface area contributed by atoms with Crippen LogP contribution in [0.3, 0.4) is 0 Å². The Morgan fingerprint density at radius 2 is 2.16 bits per heavy atom. The van der Waals surface area contributed by atoms with Crippen molar-refractivity contribution in [2.24, 2.45) is 0 Å². The molecular formula is C15H17NO2S. The summed E-state index contributed by atoms with van der Waals surface area (Å²) in [6, 6.07) is 9.31. The van der Waals surface area contributed by atoms with Crippen molar-refractivity contribution in [3.05, 3.63) is 51.7 Å². The van der Waals surface area contributed by atoms with Gasteiger partial charge >= 0.3 is 0 Å². The van der Waals surface area contributed by atoms with Crippen LogP contribution in [0.4, 0.5) is 0 Å². The third-order valence-corrected chi connectivity index (χ3v) is 4.02. The van der Waals surface area contributed by atoms with Crippen LogP contribution >= 0.6 is 11.3 Å². The number of aryl methyl sites for hydroxylation is 1. The Kier molecular flexibility index (Phi) is 4.22. The van der Waals surface area contributed by atoms with Crippen molar-refractivity contribution in [2.75, 3.05) is 14.2 Å². The molecule has 1 aromatic heterocycles. The second-order valence-electron chi connectivity index (χ2n) is 4.42. The highest BCUT2D eigenvalue weighted by molar-refractivity contribution is 7.10. The van der Waals surface area contributed by atoms with Gasteiger partial charge in [0.1, 0.15) is 5.75 Å². The van der Waals surface area contributed by atoms with E-state index in [-0.39, 0.29) is 5.91 Å². The molecule has 0 unspecified atom stereocenters. The molecule has 3 nitrogen and oxygen atoms in total. The van der Waals surface area contributed by atoms with Gasteiger partial charge in [0.25, 0.3) is 5.91 Å². The molecule has 0 aliphatic carbocycles. The molecule has 1 heterocycles. The molecule has 4 heteroatoms. The largest absolute Gasteiger partial charge is 0.497 e. The van der Waals surface area contributed by atoms with Crippen molar-refractivity contribution in [1.29, 1.82) is 0 Å². The van der Waals surface area contributed by atoms with Gasteiger partial charge in [-0.1, -0.05) is 6.07 Å². The lowest BCUT2D eigenvalue weighted by atomic mass is 10.2. The molecule has 100 valence electrons. The van der Waals surface area contributed by atoms with Crippen LogP contribution in [0, 0.1) is 6.92 Å². The molecule has 0 radical (unpaired) electrons. The molecule has 2 rings (SSSR count). The highest BCUT2D eigenvalue weighted by atomic mass is 32.1. The van der Waals surface area contributed by atoms with Gasteiger partial charge in [0.15, 0.2) is 0 Å². The fourth-order valence-corrected chi connectivity index (χ4v) is 2.79. The molecule has 0 N–H and O–H groups in total. The number of nitrogens with zero attached hydrogens (tertiary/aromatic N) is 1. The molecule has 0 aliphatic heterocycles. The number of carbonyl (C=O) groups is 1. The zero-order chi connectivity index (χ0) is 13.8. The van der Waals surface area contributed by atoms with Crippen molar-refractivity contribution in [3.8, 4) is 5.75 Å². The topological polar surface area (TPSA) is 29.5 Å². The van der Waals surface area contributed by atoms with E-state index in [1.165, 1.54) is 10.4 Å². The minimum atomic E-state index is 0.00620. The molecule has 0 fully saturated rings. The van der Waals surface area contributed by atoms with Gasteiger partial charge in [-0.2, -0.15) is 0 Å². The van der Waals surface area contributed by atoms with Gasteiger partial charge < -0.3 is 9.64 Å². The van der Waals surface area contributed by atoms with Gasteiger partial charge in [0.2, 0.25) is 0 Å². The van der Waals surface area contributed by atoms with E-state index < -0.39 is 0 Å². The number of ether oxygens (including phenoxy) is 1. The van der Waals surface area contributed by atoms with Gasteiger partial charge in [-0.3, -0.25) is 4.79 Å². The van der Waals surface area contributed by atoms with E-state index in [1.807, 2.05) is 25.2 Å². The summed E-state index contributed by atoms with van der Waals surface area (Å²) in [4.78, 5) is 15.3. The predicted octanol–water partition coefficient (Wildman–Crippen LogP) is 3.34. The standard InChI is InChI=1S/C15H17NO2S/c1-11-7-8-19-14(11)10-16(2)15(17)12-5-4-6-13(9-12)18-3/h4-9H,10H2,1-3H3. The summed E-state index contributed by atoms with van der Waals surface area (Å²) in [5.74, 6) is 0.707. The van der Waals surface area contributed by atoms with E-state index in [4.69, 9.17) is 4.74 Å². The first-order valence-corrected chi connectivity index (χ1v) is 6.92. The Hall–Kier alpha value is -1.81. The average molecular weight is 275 g/mol. The number of thiophene rings is 1. The molecular weight excluding hydrogens is 258 g/mol. The predicted molar refractivity (Wildman–Crippen MR) is 77.8 cm³/mol. The highest BCUT2D eigenvalue weighted by Crippen LogP contribution is 2.19. The second-order valence-corrected chi connectivity index (χ2v) is 5.42. The molecule has 0 spiro atoms. The van der Waals surface area contributed by atoms with Crippen LogP contribution in [0.2, 0.25) is 0 Å². The number of hydrogen-bond acceptors (Lipinski definition) is 3. The van der Waals surface area contributed by atoms with Crippen LogP contribution in [0.15, 0.2) is 35.7 Å². The molecule has 2 aromatic rings. The van der Waals surface area contributed by atoms with Crippen LogP contribution in [-0.4, -0.2) is 25.0 Å². The summed E-state index contributed by atoms with van der Waals surface area (Å²) >= 11 is 1.68. The Bertz CT molecular complexity index is 577. The lowest BCUT2D eigenvalue weighted by Gasteiger charge is -2.17. The summed E-state index contributed by atoms with van der Waals surface area (Å²) < 4.78 is 5.14. The minimum Gasteiger partial charge on any atom is -0.497 e. The molecule has 0 bridgehead atoms. The van der Waals surface area contributed by atoms with E-state index in [2.05, 4.69) is 18.4 Å². The fraction of sp³-hybridized carbons (Fsp3) is 0.267. The molecule has 1 aromatic carbocycles. The van der Waals surface area contributed by atoms with E-state index in [9.17, 15) is 4.79 Å². The maximum Gasteiger partial charge on any atom is 0.254 e. The lowest BCUT2D eigenvalue weighted by molar-refractivity contribution is 0.0786. The van der Waals surface area contributed by atoms with Gasteiger partial charge in [0, 0.05) is 17.5 Å². The zero-order valence-electron chi connectivity index (χ0n) is 11.3. The van der Waals surface area contributed by atoms with Crippen LogP contribution in [0.5, 0.6) is 5.75 Å². The van der Waals surface area contributed by atoms with Crippen LogP contribution in [0.1, 0.15) is 20.8 Å². The summed E-state index contributed by atoms with van der Waals surface area (Å²) in [6.45, 7) is 2.70. The van der Waals surface area contributed by atoms with Crippen molar-refractivity contribution < 1.29 is 9.53 Å². The van der Waals surface area contributed by atoms with E-state index in [1.54, 1.807) is 29.4 Å². The number of rotatable bonds is 4. The zero-order valence-corrected chi connectivity index (χ0v) is 12.2. The van der Waals surface area contributed by atoms with Crippen LogP contribution in [-0.2, 0) is 6.54 Å². The highest BCUT2D eigenvalue weighted by Gasteiger charge is 2.14. The van der Waals surface area contributed by atoms with Crippen LogP contribution < -0.4 is 4.74 Å². The van der Waals surface area contributed by atoms with E-state index in [0.717, 1.165) is 0 Å². The van der Waals surface area contributed by atoms with Crippen molar-refractivity contribution in [1.82, 2.24) is 4.90 Å². The minimum absolute atomic E-state index is 0.00620. The first-order chi connectivity index (χ1) is 9.11. The van der Waals surface area contributed by atoms with Crippen LogP contribution in [0.25, 0.3) is 0 Å². The summed E-state index contributed by atoms with van der Waals surface area (Å²) in [7, 11) is 3.42. The average Bonchev–Trinajstić information content (AvgIpc) is 2.83. The number of methoxy groups -OCH3 is 1. The number of carbonyl (C=O) groups excluding carboxylic acids is 1. The Morgan fingerprint density at radius 3 is 2.79 bits per heavy atom. The Labute approximate surface area is 117 Å². The van der Waals surface area contributed by atoms with Gasteiger partial charge in [-0.15, -0.1) is 11.3 Å². The van der Waals surface area contributed by atoms with Crippen molar-refractivity contribution in [3.63, 3.8) is 0 Å². The van der Waals surface area contributed by atoms with Crippen molar-refractivity contribution in [2.45, 2.75) is 13.5 Å². The number of benzene rings is 1. The van der Waals surface area contributed by atoms with Gasteiger partial charge in [-0.05, 0) is 42.1 Å². The number of hydrogen-bond donors (Lipinski definition) is 0. The monoisotopic (exact) mass is 275 g/mol. The summed E-state index contributed by atoms with van der Waals surface area (Å²) in [6.07, 6.45) is 0. The normalized spacial score (nSPS) is 10.3. The molecule has 19 heavy (non-hydrogen) atoms. The maximum absolute atomic E-state index is 12.3. The molecule has 0 saturated carbocycles. The molecule has 0 aliphatic rings. The number of amides is 1. The Morgan fingerprint density at radius 1 is 1.37 bits per heavy atom. The third kappa shape index (κ3) is 3.15. The SMILES string of the molecule is COc1cccc(C(=O)N(C)Cc2sccc2C)c1. The first-order valence-electron chi connectivity index (χ1n) is 6.04. The third-order valence-electron chi connectivity index (χ3n) is 3.01. The second kappa shape index (κ2) is 5.89. The summed E-state index contributed by atoms with van der Waals surface area (Å²) in [5.41, 5.74) is 1.88. The quantitative estimate of drug-likeness (QED) is 0.856. The first kappa shape index (κ1) is 13.6. The van der Waals surface area contributed by atoms with E-state index in [0.29, 0.717) is 17.9 Å². The van der Waals surface area contributed by atoms with Gasteiger partial charge in [0.05, 0.1) is 13.7 Å². The fourth-order valence-electron chi connectivity index (χ4n) is 1.83. The summed E-state index contributed by atoms with van der Waals surface area (Å²) in [5, 5.41) is 2.05. The van der Waals surface area contributed by atoms with E-state index >= 15 is 0 Å².